The molecule has 1 fully saturated rings. The minimum absolute atomic E-state index is 0.00782. The van der Waals surface area contributed by atoms with E-state index in [1.165, 1.54) is 5.56 Å². The highest BCUT2D eigenvalue weighted by atomic mass is 16.5. The zero-order chi connectivity index (χ0) is 24.2. The Labute approximate surface area is 197 Å². The van der Waals surface area contributed by atoms with Crippen LogP contribution < -0.4 is 0 Å². The summed E-state index contributed by atoms with van der Waals surface area (Å²) < 4.78 is 11.0. The molecule has 1 aromatic carbocycles. The lowest BCUT2D eigenvalue weighted by molar-refractivity contribution is -0.164. The summed E-state index contributed by atoms with van der Waals surface area (Å²) in [6, 6.07) is 4.20. The van der Waals surface area contributed by atoms with Crippen LogP contribution in [0.4, 0.5) is 0 Å². The summed E-state index contributed by atoms with van der Waals surface area (Å²) in [7, 11) is 0. The lowest BCUT2D eigenvalue weighted by Gasteiger charge is -2.54. The van der Waals surface area contributed by atoms with Crippen molar-refractivity contribution in [3.05, 3.63) is 34.4 Å². The highest BCUT2D eigenvalue weighted by Crippen LogP contribution is 2.58. The molecule has 3 unspecified atom stereocenters. The van der Waals surface area contributed by atoms with Gasteiger partial charge in [0.2, 0.25) is 0 Å². The fourth-order valence-electron chi connectivity index (χ4n) is 6.14. The third kappa shape index (κ3) is 4.97. The van der Waals surface area contributed by atoms with Gasteiger partial charge < -0.3 is 19.7 Å². The van der Waals surface area contributed by atoms with Gasteiger partial charge in [0.05, 0.1) is 24.2 Å². The number of rotatable bonds is 9. The molecule has 0 spiro atoms. The molecule has 2 N–H and O–H groups in total. The van der Waals surface area contributed by atoms with E-state index in [1.807, 2.05) is 13.0 Å². The molecule has 1 aromatic rings. The molecule has 2 aliphatic rings. The van der Waals surface area contributed by atoms with Crippen LogP contribution in [0.1, 0.15) is 99.2 Å². The van der Waals surface area contributed by atoms with Crippen LogP contribution in [0.15, 0.2) is 12.1 Å². The predicted molar refractivity (Wildman–Crippen MR) is 126 cm³/mol. The van der Waals surface area contributed by atoms with E-state index in [-0.39, 0.29) is 55.6 Å². The monoisotopic (exact) mass is 460 g/mol. The molecule has 0 saturated heterocycles. The SMILES string of the molecule is CC(C)c1cc2c(cc1C(=O)OCCCO)C1(C)CCCC(C)(C(=O)OCCCO)C1CC2. The van der Waals surface area contributed by atoms with Crippen molar-refractivity contribution in [2.75, 3.05) is 26.4 Å². The fraction of sp³-hybridized carbons (Fsp3) is 0.704. The summed E-state index contributed by atoms with van der Waals surface area (Å²) in [5.41, 5.74) is 3.20. The van der Waals surface area contributed by atoms with E-state index in [9.17, 15) is 9.59 Å². The standard InChI is InChI=1S/C27H40O6/c1-18(2)20-16-19-8-9-23-26(3,22(19)17-21(20)24(30)32-14-6-12-28)10-5-11-27(23,4)25(31)33-15-7-13-29/h16-18,23,28-29H,5-15H2,1-4H3. The molecule has 1 saturated carbocycles. The fourth-order valence-corrected chi connectivity index (χ4v) is 6.14. The van der Waals surface area contributed by atoms with Crippen molar-refractivity contribution in [1.29, 1.82) is 0 Å². The van der Waals surface area contributed by atoms with Crippen LogP contribution in [0, 0.1) is 11.3 Å². The van der Waals surface area contributed by atoms with Gasteiger partial charge in [0, 0.05) is 26.1 Å². The molecule has 0 heterocycles. The second kappa shape index (κ2) is 10.6. The molecule has 3 atom stereocenters. The van der Waals surface area contributed by atoms with E-state index >= 15 is 0 Å². The number of carbonyl (C=O) groups excluding carboxylic acids is 2. The first-order valence-corrected chi connectivity index (χ1v) is 12.4. The number of benzene rings is 1. The number of aliphatic hydroxyl groups excluding tert-OH is 2. The first-order chi connectivity index (χ1) is 15.7. The van der Waals surface area contributed by atoms with E-state index in [2.05, 4.69) is 26.8 Å². The van der Waals surface area contributed by atoms with Gasteiger partial charge in [-0.2, -0.15) is 0 Å². The molecule has 6 nitrogen and oxygen atoms in total. The number of hydrogen-bond acceptors (Lipinski definition) is 6. The van der Waals surface area contributed by atoms with E-state index in [4.69, 9.17) is 19.7 Å². The third-order valence-corrected chi connectivity index (χ3v) is 7.90. The van der Waals surface area contributed by atoms with Gasteiger partial charge in [0.1, 0.15) is 0 Å². The highest BCUT2D eigenvalue weighted by Gasteiger charge is 2.56. The van der Waals surface area contributed by atoms with Crippen LogP contribution in [0.2, 0.25) is 0 Å². The van der Waals surface area contributed by atoms with Gasteiger partial charge in [-0.3, -0.25) is 4.79 Å². The number of carbonyl (C=O) groups is 2. The summed E-state index contributed by atoms with van der Waals surface area (Å²) >= 11 is 0. The maximum Gasteiger partial charge on any atom is 0.338 e. The van der Waals surface area contributed by atoms with Crippen LogP contribution in [0.5, 0.6) is 0 Å². The topological polar surface area (TPSA) is 93.1 Å². The summed E-state index contributed by atoms with van der Waals surface area (Å²) in [4.78, 5) is 26.1. The Hall–Kier alpha value is -1.92. The van der Waals surface area contributed by atoms with Gasteiger partial charge >= 0.3 is 11.9 Å². The molecule has 0 radical (unpaired) electrons. The van der Waals surface area contributed by atoms with Crippen LogP contribution in [-0.2, 0) is 26.1 Å². The molecule has 0 aromatic heterocycles. The zero-order valence-electron chi connectivity index (χ0n) is 20.6. The molecule has 2 aliphatic carbocycles. The maximum absolute atomic E-state index is 13.2. The minimum Gasteiger partial charge on any atom is -0.465 e. The normalized spacial score (nSPS) is 26.5. The Kier molecular flexibility index (Phi) is 8.22. The first kappa shape index (κ1) is 25.7. The Morgan fingerprint density at radius 1 is 1.06 bits per heavy atom. The number of aliphatic hydroxyl groups is 2. The number of aryl methyl sites for hydroxylation is 1. The Balaban J connectivity index is 1.99. The molecule has 33 heavy (non-hydrogen) atoms. The summed E-state index contributed by atoms with van der Waals surface area (Å²) in [5.74, 6) is -0.212. The van der Waals surface area contributed by atoms with Crippen LogP contribution in [0.25, 0.3) is 0 Å². The van der Waals surface area contributed by atoms with Crippen molar-refractivity contribution in [3.63, 3.8) is 0 Å². The molecule has 3 rings (SSSR count). The second-order valence-corrected chi connectivity index (χ2v) is 10.5. The van der Waals surface area contributed by atoms with Crippen molar-refractivity contribution in [3.8, 4) is 0 Å². The molecule has 184 valence electrons. The number of ether oxygens (including phenoxy) is 2. The van der Waals surface area contributed by atoms with Crippen molar-refractivity contribution in [2.24, 2.45) is 11.3 Å². The average molecular weight is 461 g/mol. The molecular weight excluding hydrogens is 420 g/mol. The van der Waals surface area contributed by atoms with E-state index < -0.39 is 5.41 Å². The number of fused-ring (bicyclic) bond motifs is 3. The van der Waals surface area contributed by atoms with Crippen molar-refractivity contribution in [1.82, 2.24) is 0 Å². The number of esters is 2. The summed E-state index contributed by atoms with van der Waals surface area (Å²) in [6.45, 7) is 8.88. The molecular formula is C27H40O6. The molecule has 6 heteroatoms. The van der Waals surface area contributed by atoms with Gasteiger partial charge in [-0.25, -0.2) is 4.79 Å². The third-order valence-electron chi connectivity index (χ3n) is 7.90. The Morgan fingerprint density at radius 3 is 2.36 bits per heavy atom. The summed E-state index contributed by atoms with van der Waals surface area (Å²) in [5, 5.41) is 18.1. The van der Waals surface area contributed by atoms with E-state index in [0.29, 0.717) is 18.4 Å². The maximum atomic E-state index is 13.2. The number of hydrogen-bond donors (Lipinski definition) is 2. The second-order valence-electron chi connectivity index (χ2n) is 10.5. The predicted octanol–water partition coefficient (Wildman–Crippen LogP) is 4.29. The molecule has 0 amide bonds. The quantitative estimate of drug-likeness (QED) is 0.422. The minimum atomic E-state index is -0.585. The zero-order valence-corrected chi connectivity index (χ0v) is 20.6. The van der Waals surface area contributed by atoms with Gasteiger partial charge in [-0.05, 0) is 72.6 Å². The largest absolute Gasteiger partial charge is 0.465 e. The lowest BCUT2D eigenvalue weighted by atomic mass is 9.49. The highest BCUT2D eigenvalue weighted by molar-refractivity contribution is 5.92. The summed E-state index contributed by atoms with van der Waals surface area (Å²) in [6.07, 6.45) is 5.32. The van der Waals surface area contributed by atoms with Crippen LogP contribution in [-0.4, -0.2) is 48.6 Å². The average Bonchev–Trinajstić information content (AvgIpc) is 2.78. The first-order valence-electron chi connectivity index (χ1n) is 12.4. The van der Waals surface area contributed by atoms with Gasteiger partial charge in [-0.1, -0.05) is 33.3 Å². The van der Waals surface area contributed by atoms with Crippen molar-refractivity contribution < 1.29 is 29.3 Å². The van der Waals surface area contributed by atoms with Gasteiger partial charge in [-0.15, -0.1) is 0 Å². The lowest BCUT2D eigenvalue weighted by Crippen LogP contribution is -2.53. The van der Waals surface area contributed by atoms with Gasteiger partial charge in [0.25, 0.3) is 0 Å². The Morgan fingerprint density at radius 2 is 1.73 bits per heavy atom. The smallest absolute Gasteiger partial charge is 0.338 e. The van der Waals surface area contributed by atoms with Gasteiger partial charge in [0.15, 0.2) is 0 Å². The van der Waals surface area contributed by atoms with E-state index in [1.54, 1.807) is 0 Å². The molecule has 0 aliphatic heterocycles. The molecule has 0 bridgehead atoms. The Bertz CT molecular complexity index is 862. The van der Waals surface area contributed by atoms with Crippen LogP contribution in [0.3, 0.4) is 0 Å². The van der Waals surface area contributed by atoms with Crippen molar-refractivity contribution >= 4 is 11.9 Å². The van der Waals surface area contributed by atoms with E-state index in [0.717, 1.165) is 43.2 Å². The van der Waals surface area contributed by atoms with Crippen molar-refractivity contribution in [2.45, 2.75) is 84.0 Å². The van der Waals surface area contributed by atoms with Crippen LogP contribution >= 0.6 is 0 Å².